The molecular formula is C11H21N. The summed E-state index contributed by atoms with van der Waals surface area (Å²) in [7, 11) is 0. The van der Waals surface area contributed by atoms with E-state index in [2.05, 4.69) is 32.3 Å². The Balaban J connectivity index is 0. The molecule has 0 unspecified atom stereocenters. The van der Waals surface area contributed by atoms with Crippen LogP contribution in [0.2, 0.25) is 0 Å². The van der Waals surface area contributed by atoms with Gasteiger partial charge in [-0.3, -0.25) is 4.99 Å². The van der Waals surface area contributed by atoms with E-state index in [1.807, 2.05) is 20.0 Å². The molecule has 1 heteroatoms. The summed E-state index contributed by atoms with van der Waals surface area (Å²) < 4.78 is 0. The zero-order valence-electron chi connectivity index (χ0n) is 8.81. The zero-order valence-corrected chi connectivity index (χ0v) is 8.81. The maximum absolute atomic E-state index is 4.35. The van der Waals surface area contributed by atoms with E-state index in [9.17, 15) is 0 Å². The first-order chi connectivity index (χ1) is 5.38. The van der Waals surface area contributed by atoms with Gasteiger partial charge in [-0.15, -0.1) is 0 Å². The van der Waals surface area contributed by atoms with Gasteiger partial charge < -0.3 is 0 Å². The molecule has 0 radical (unpaired) electrons. The second-order valence-electron chi connectivity index (χ2n) is 4.04. The summed E-state index contributed by atoms with van der Waals surface area (Å²) in [5.74, 6) is 0. The van der Waals surface area contributed by atoms with Gasteiger partial charge in [-0.05, 0) is 24.8 Å². The van der Waals surface area contributed by atoms with Crippen LogP contribution in [0.4, 0.5) is 0 Å². The summed E-state index contributed by atoms with van der Waals surface area (Å²) in [4.78, 5) is 4.35. The summed E-state index contributed by atoms with van der Waals surface area (Å²) >= 11 is 0. The molecule has 12 heavy (non-hydrogen) atoms. The third kappa shape index (κ3) is 4.12. The quantitative estimate of drug-likeness (QED) is 0.438. The van der Waals surface area contributed by atoms with E-state index in [-0.39, 0.29) is 6.84 Å². The van der Waals surface area contributed by atoms with Crippen molar-refractivity contribution in [3.63, 3.8) is 0 Å². The van der Waals surface area contributed by atoms with E-state index in [1.54, 1.807) is 6.08 Å². The average molecular weight is 167 g/mol. The molecule has 0 aromatic carbocycles. The Morgan fingerprint density at radius 2 is 1.83 bits per heavy atom. The Labute approximate surface area is 77.4 Å². The van der Waals surface area contributed by atoms with Crippen LogP contribution in [0.5, 0.6) is 0 Å². The van der Waals surface area contributed by atoms with Crippen molar-refractivity contribution in [2.24, 2.45) is 10.4 Å². The number of hydrogen-bond donors (Lipinski definition) is 0. The number of aliphatic imine (C=N–C) groups is 1. The maximum atomic E-state index is 4.35. The van der Waals surface area contributed by atoms with Gasteiger partial charge in [-0.1, -0.05) is 33.4 Å². The number of rotatable bonds is 2. The van der Waals surface area contributed by atoms with Crippen LogP contribution in [0.25, 0.3) is 0 Å². The van der Waals surface area contributed by atoms with Crippen LogP contribution < -0.4 is 0 Å². The molecule has 0 spiro atoms. The Bertz CT molecular complexity index is 219. The average Bonchev–Trinajstić information content (AvgIpc) is 1.97. The largest absolute Gasteiger partial charge is 0.265 e. The lowest BCUT2D eigenvalue weighted by Crippen LogP contribution is -2.16. The lowest BCUT2D eigenvalue weighted by atomic mass is 9.91. The second-order valence-corrected chi connectivity index (χ2v) is 4.04. The molecule has 0 heterocycles. The minimum atomic E-state index is 0. The highest BCUT2D eigenvalue weighted by Crippen LogP contribution is 2.15. The topological polar surface area (TPSA) is 12.4 Å². The first-order valence-electron chi connectivity index (χ1n) is 4.22. The van der Waals surface area contributed by atoms with Crippen molar-refractivity contribution in [3.05, 3.63) is 24.4 Å². The second kappa shape index (κ2) is 4.24. The molecule has 0 aromatic heterocycles. The van der Waals surface area contributed by atoms with Crippen molar-refractivity contribution in [1.82, 2.24) is 0 Å². The molecule has 0 fully saturated rings. The van der Waals surface area contributed by atoms with Crippen LogP contribution in [0, 0.1) is 5.41 Å². The first kappa shape index (κ1) is 11.2. The monoisotopic (exact) mass is 167 g/mol. The summed E-state index contributed by atoms with van der Waals surface area (Å²) in [5, 5.41) is 0. The van der Waals surface area contributed by atoms with Gasteiger partial charge in [0.15, 0.2) is 0 Å². The maximum Gasteiger partial charge on any atom is 0.0296 e. The minimum absolute atomic E-state index is 0. The summed E-state index contributed by atoms with van der Waals surface area (Å²) in [6, 6.07) is 0. The molecule has 0 N–H and O–H groups in total. The molecular weight excluding hydrogens is 146 g/mol. The van der Waals surface area contributed by atoms with E-state index in [0.717, 1.165) is 11.3 Å². The summed E-state index contributed by atoms with van der Waals surface area (Å²) in [6.45, 7) is 14.2. The molecule has 0 bridgehead atoms. The van der Waals surface area contributed by atoms with E-state index in [4.69, 9.17) is 0 Å². The number of nitrogens with zero attached hydrogens (tertiary/aromatic N) is 1. The third-order valence-corrected chi connectivity index (χ3v) is 1.87. The van der Waals surface area contributed by atoms with Gasteiger partial charge in [0, 0.05) is 13.3 Å². The van der Waals surface area contributed by atoms with E-state index in [0.29, 0.717) is 0 Å². The van der Waals surface area contributed by atoms with Gasteiger partial charge in [0.05, 0.1) is 0 Å². The fraction of sp³-hybridized carbons (Fsp3) is 0.545. The molecule has 0 aliphatic rings. The van der Waals surface area contributed by atoms with Crippen LogP contribution in [0.3, 0.4) is 0 Å². The van der Waals surface area contributed by atoms with E-state index < -0.39 is 0 Å². The van der Waals surface area contributed by atoms with Gasteiger partial charge in [-0.25, -0.2) is 0 Å². The molecule has 0 rings (SSSR count). The SMILES string of the molecule is C=C/C(C)=C\N=C(C)C(C)(C)C.[HH]. The normalized spacial score (nSPS) is 14.8. The van der Waals surface area contributed by atoms with Crippen LogP contribution in [0.1, 0.15) is 36.0 Å². The van der Waals surface area contributed by atoms with Crippen LogP contribution in [-0.2, 0) is 0 Å². The third-order valence-electron chi connectivity index (χ3n) is 1.87. The Hall–Kier alpha value is -0.850. The highest BCUT2D eigenvalue weighted by molar-refractivity contribution is 5.87. The summed E-state index contributed by atoms with van der Waals surface area (Å²) in [6.07, 6.45) is 3.66. The first-order valence-corrected chi connectivity index (χ1v) is 4.22. The molecule has 0 aliphatic carbocycles. The van der Waals surface area contributed by atoms with Crippen molar-refractivity contribution in [3.8, 4) is 0 Å². The Morgan fingerprint density at radius 1 is 1.33 bits per heavy atom. The Morgan fingerprint density at radius 3 is 2.17 bits per heavy atom. The smallest absolute Gasteiger partial charge is 0.0296 e. The molecule has 0 aromatic rings. The molecule has 1 nitrogen and oxygen atoms in total. The highest BCUT2D eigenvalue weighted by atomic mass is 14.7. The lowest BCUT2D eigenvalue weighted by molar-refractivity contribution is 0.588. The van der Waals surface area contributed by atoms with Gasteiger partial charge >= 0.3 is 0 Å². The fourth-order valence-corrected chi connectivity index (χ4v) is 0.445. The molecule has 0 aliphatic heterocycles. The van der Waals surface area contributed by atoms with Gasteiger partial charge in [-0.2, -0.15) is 0 Å². The number of hydrogen-bond acceptors (Lipinski definition) is 1. The molecule has 0 saturated carbocycles. The fourth-order valence-electron chi connectivity index (χ4n) is 0.445. The predicted molar refractivity (Wildman–Crippen MR) is 58.6 cm³/mol. The van der Waals surface area contributed by atoms with Crippen LogP contribution in [0.15, 0.2) is 29.4 Å². The molecule has 0 atom stereocenters. The Kier molecular flexibility index (Phi) is 3.94. The standard InChI is InChI=1S/C11H19N.H2/c1-7-9(2)8-12-10(3)11(4,5)6;/h7-8H,1H2,2-6H3;1H/b9-8-,12-10?;. The zero-order chi connectivity index (χ0) is 9.78. The number of allylic oxidation sites excluding steroid dienone is 2. The molecule has 70 valence electrons. The van der Waals surface area contributed by atoms with Crippen LogP contribution >= 0.6 is 0 Å². The van der Waals surface area contributed by atoms with Crippen molar-refractivity contribution < 1.29 is 1.43 Å². The van der Waals surface area contributed by atoms with Crippen molar-refractivity contribution in [1.29, 1.82) is 0 Å². The molecule has 0 saturated heterocycles. The van der Waals surface area contributed by atoms with Gasteiger partial charge in [0.1, 0.15) is 0 Å². The van der Waals surface area contributed by atoms with E-state index in [1.165, 1.54) is 0 Å². The summed E-state index contributed by atoms with van der Waals surface area (Å²) in [5.41, 5.74) is 2.40. The van der Waals surface area contributed by atoms with Crippen LogP contribution in [-0.4, -0.2) is 5.71 Å². The van der Waals surface area contributed by atoms with Crippen molar-refractivity contribution in [2.75, 3.05) is 0 Å². The molecule has 0 amide bonds. The minimum Gasteiger partial charge on any atom is -0.265 e. The highest BCUT2D eigenvalue weighted by Gasteiger charge is 2.12. The van der Waals surface area contributed by atoms with Crippen molar-refractivity contribution in [2.45, 2.75) is 34.6 Å². The van der Waals surface area contributed by atoms with E-state index >= 15 is 0 Å². The lowest BCUT2D eigenvalue weighted by Gasteiger charge is -2.16. The van der Waals surface area contributed by atoms with Crippen molar-refractivity contribution >= 4 is 5.71 Å². The van der Waals surface area contributed by atoms with Gasteiger partial charge in [0.2, 0.25) is 0 Å². The predicted octanol–water partition coefficient (Wildman–Crippen LogP) is 3.83. The van der Waals surface area contributed by atoms with Gasteiger partial charge in [0.25, 0.3) is 0 Å².